The summed E-state index contributed by atoms with van der Waals surface area (Å²) in [5.41, 5.74) is 6.80. The molecule has 0 aromatic heterocycles. The molecule has 2 rings (SSSR count). The van der Waals surface area contributed by atoms with Gasteiger partial charge in [0.1, 0.15) is 5.75 Å². The standard InChI is InChI=1S/C18H18Cl2N2O3/c1-10-6-4-9-15(11(10)2)25-12(3)17(23)21-22-18(24)13-7-5-8-14(19)16(13)20/h4-9,12H,1-3H3,(H,21,23)(H,22,24). The van der Waals surface area contributed by atoms with Gasteiger partial charge in [-0.2, -0.15) is 0 Å². The molecule has 0 aliphatic heterocycles. The topological polar surface area (TPSA) is 67.4 Å². The van der Waals surface area contributed by atoms with Crippen molar-refractivity contribution in [3.05, 3.63) is 63.1 Å². The molecule has 0 aliphatic rings. The van der Waals surface area contributed by atoms with E-state index in [2.05, 4.69) is 10.9 Å². The van der Waals surface area contributed by atoms with E-state index in [0.717, 1.165) is 11.1 Å². The molecule has 0 aliphatic carbocycles. The first kappa shape index (κ1) is 19.1. The minimum atomic E-state index is -0.796. The number of carbonyl (C=O) groups is 2. The van der Waals surface area contributed by atoms with Gasteiger partial charge in [-0.25, -0.2) is 0 Å². The fraction of sp³-hybridized carbons (Fsp3) is 0.222. The monoisotopic (exact) mass is 380 g/mol. The van der Waals surface area contributed by atoms with E-state index in [-0.39, 0.29) is 15.6 Å². The van der Waals surface area contributed by atoms with Crippen LogP contribution in [0.2, 0.25) is 10.0 Å². The third-order valence-corrected chi connectivity index (χ3v) is 4.54. The van der Waals surface area contributed by atoms with Crippen LogP contribution in [0.5, 0.6) is 5.75 Å². The molecule has 0 saturated heterocycles. The largest absolute Gasteiger partial charge is 0.481 e. The molecule has 2 amide bonds. The smallest absolute Gasteiger partial charge is 0.279 e. The number of aryl methyl sites for hydroxylation is 1. The van der Waals surface area contributed by atoms with E-state index in [1.54, 1.807) is 25.1 Å². The first-order valence-electron chi connectivity index (χ1n) is 7.58. The number of hydrogen-bond donors (Lipinski definition) is 2. The molecule has 1 atom stereocenters. The Balaban J connectivity index is 1.96. The Hall–Kier alpha value is -2.24. The first-order valence-corrected chi connectivity index (χ1v) is 8.34. The number of benzene rings is 2. The Kier molecular flexibility index (Phi) is 6.28. The van der Waals surface area contributed by atoms with Crippen LogP contribution in [0.3, 0.4) is 0 Å². The zero-order valence-corrected chi connectivity index (χ0v) is 15.5. The maximum atomic E-state index is 12.1. The Morgan fingerprint density at radius 2 is 1.72 bits per heavy atom. The van der Waals surface area contributed by atoms with Crippen molar-refractivity contribution >= 4 is 35.0 Å². The number of hydrogen-bond acceptors (Lipinski definition) is 3. The van der Waals surface area contributed by atoms with E-state index in [0.29, 0.717) is 5.75 Å². The van der Waals surface area contributed by atoms with Crippen LogP contribution in [0.15, 0.2) is 36.4 Å². The average molecular weight is 381 g/mol. The molecule has 2 N–H and O–H groups in total. The van der Waals surface area contributed by atoms with E-state index in [9.17, 15) is 9.59 Å². The number of rotatable bonds is 4. The molecular formula is C18H18Cl2N2O3. The molecular weight excluding hydrogens is 363 g/mol. The maximum absolute atomic E-state index is 12.1. The minimum absolute atomic E-state index is 0.121. The number of carbonyl (C=O) groups excluding carboxylic acids is 2. The third-order valence-electron chi connectivity index (χ3n) is 3.72. The number of ether oxygens (including phenoxy) is 1. The van der Waals surface area contributed by atoms with Gasteiger partial charge in [-0.3, -0.25) is 20.4 Å². The number of hydrazine groups is 1. The van der Waals surface area contributed by atoms with Crippen LogP contribution in [0.1, 0.15) is 28.4 Å². The second kappa shape index (κ2) is 8.23. The molecule has 132 valence electrons. The van der Waals surface area contributed by atoms with Crippen LogP contribution in [0.25, 0.3) is 0 Å². The van der Waals surface area contributed by atoms with E-state index >= 15 is 0 Å². The molecule has 0 spiro atoms. The molecule has 0 saturated carbocycles. The molecule has 5 nitrogen and oxygen atoms in total. The van der Waals surface area contributed by atoms with E-state index in [1.165, 1.54) is 6.07 Å². The molecule has 7 heteroatoms. The van der Waals surface area contributed by atoms with Crippen molar-refractivity contribution in [3.63, 3.8) is 0 Å². The van der Waals surface area contributed by atoms with Crippen molar-refractivity contribution in [3.8, 4) is 5.75 Å². The zero-order chi connectivity index (χ0) is 18.6. The highest BCUT2D eigenvalue weighted by molar-refractivity contribution is 6.43. The summed E-state index contributed by atoms with van der Waals surface area (Å²) in [5, 5.41) is 0.378. The minimum Gasteiger partial charge on any atom is -0.481 e. The number of amides is 2. The lowest BCUT2D eigenvalue weighted by Gasteiger charge is -2.17. The lowest BCUT2D eigenvalue weighted by Crippen LogP contribution is -2.47. The van der Waals surface area contributed by atoms with Gasteiger partial charge in [0.25, 0.3) is 11.8 Å². The quantitative estimate of drug-likeness (QED) is 0.791. The van der Waals surface area contributed by atoms with Crippen LogP contribution >= 0.6 is 23.2 Å². The van der Waals surface area contributed by atoms with Crippen LogP contribution in [-0.2, 0) is 4.79 Å². The maximum Gasteiger partial charge on any atom is 0.279 e. The highest BCUT2D eigenvalue weighted by Gasteiger charge is 2.18. The Morgan fingerprint density at radius 1 is 1.04 bits per heavy atom. The summed E-state index contributed by atoms with van der Waals surface area (Å²) in [6.45, 7) is 5.47. The summed E-state index contributed by atoms with van der Waals surface area (Å²) in [6, 6.07) is 10.3. The third kappa shape index (κ3) is 4.65. The van der Waals surface area contributed by atoms with Gasteiger partial charge >= 0.3 is 0 Å². The first-order chi connectivity index (χ1) is 11.8. The van der Waals surface area contributed by atoms with Crippen LogP contribution < -0.4 is 15.6 Å². The molecule has 0 radical (unpaired) electrons. The molecule has 2 aromatic carbocycles. The van der Waals surface area contributed by atoms with E-state index in [1.807, 2.05) is 26.0 Å². The summed E-state index contributed by atoms with van der Waals surface area (Å²) in [5.74, 6) is -0.445. The lowest BCUT2D eigenvalue weighted by molar-refractivity contribution is -0.128. The molecule has 0 fully saturated rings. The van der Waals surface area contributed by atoms with E-state index in [4.69, 9.17) is 27.9 Å². The predicted octanol–water partition coefficient (Wildman–Crippen LogP) is 3.84. The van der Waals surface area contributed by atoms with Gasteiger partial charge in [-0.1, -0.05) is 41.4 Å². The van der Waals surface area contributed by atoms with Gasteiger partial charge in [0.05, 0.1) is 15.6 Å². The van der Waals surface area contributed by atoms with Gasteiger partial charge in [0.2, 0.25) is 0 Å². The summed E-state index contributed by atoms with van der Waals surface area (Å²) in [6.07, 6.45) is -0.796. The predicted molar refractivity (Wildman–Crippen MR) is 98.1 cm³/mol. The summed E-state index contributed by atoms with van der Waals surface area (Å²) in [7, 11) is 0. The summed E-state index contributed by atoms with van der Waals surface area (Å²) in [4.78, 5) is 24.2. The van der Waals surface area contributed by atoms with Gasteiger partial charge in [-0.15, -0.1) is 0 Å². The van der Waals surface area contributed by atoms with Crippen molar-refractivity contribution in [1.82, 2.24) is 10.9 Å². The number of halogens is 2. The lowest BCUT2D eigenvalue weighted by atomic mass is 10.1. The summed E-state index contributed by atoms with van der Waals surface area (Å²) < 4.78 is 5.66. The molecule has 25 heavy (non-hydrogen) atoms. The van der Waals surface area contributed by atoms with Crippen LogP contribution in [0, 0.1) is 13.8 Å². The van der Waals surface area contributed by atoms with Crippen molar-refractivity contribution in [2.75, 3.05) is 0 Å². The van der Waals surface area contributed by atoms with Gasteiger partial charge in [-0.05, 0) is 50.1 Å². The molecule has 0 heterocycles. The van der Waals surface area contributed by atoms with Crippen molar-refractivity contribution in [2.45, 2.75) is 26.9 Å². The van der Waals surface area contributed by atoms with Crippen molar-refractivity contribution in [1.29, 1.82) is 0 Å². The molecule has 1 unspecified atom stereocenters. The van der Waals surface area contributed by atoms with E-state index < -0.39 is 17.9 Å². The molecule has 0 bridgehead atoms. The van der Waals surface area contributed by atoms with Gasteiger partial charge in [0.15, 0.2) is 6.10 Å². The van der Waals surface area contributed by atoms with Crippen molar-refractivity contribution < 1.29 is 14.3 Å². The Labute approximate surface area is 156 Å². The van der Waals surface area contributed by atoms with Crippen molar-refractivity contribution in [2.24, 2.45) is 0 Å². The van der Waals surface area contributed by atoms with Crippen LogP contribution in [0.4, 0.5) is 0 Å². The fourth-order valence-electron chi connectivity index (χ4n) is 2.06. The average Bonchev–Trinajstić information content (AvgIpc) is 2.58. The normalized spacial score (nSPS) is 11.6. The van der Waals surface area contributed by atoms with Gasteiger partial charge < -0.3 is 4.74 Å². The fourth-order valence-corrected chi connectivity index (χ4v) is 2.45. The second-order valence-electron chi connectivity index (χ2n) is 5.50. The molecule has 2 aromatic rings. The zero-order valence-electron chi connectivity index (χ0n) is 14.0. The Morgan fingerprint density at radius 3 is 2.44 bits per heavy atom. The SMILES string of the molecule is Cc1cccc(OC(C)C(=O)NNC(=O)c2cccc(Cl)c2Cl)c1C. The highest BCUT2D eigenvalue weighted by atomic mass is 35.5. The number of nitrogens with one attached hydrogen (secondary N) is 2. The second-order valence-corrected chi connectivity index (χ2v) is 6.29. The summed E-state index contributed by atoms with van der Waals surface area (Å²) >= 11 is 11.8. The Bertz CT molecular complexity index is 809. The highest BCUT2D eigenvalue weighted by Crippen LogP contribution is 2.25. The van der Waals surface area contributed by atoms with Crippen LogP contribution in [-0.4, -0.2) is 17.9 Å². The van der Waals surface area contributed by atoms with Gasteiger partial charge in [0, 0.05) is 0 Å².